The minimum absolute atomic E-state index is 0.105. The summed E-state index contributed by atoms with van der Waals surface area (Å²) >= 11 is 10.5. The molecule has 4 rings (SSSR count). The molecule has 4 fully saturated rings. The van der Waals surface area contributed by atoms with Gasteiger partial charge in [-0.3, -0.25) is 14.4 Å². The summed E-state index contributed by atoms with van der Waals surface area (Å²) in [5.41, 5.74) is 1.88. The topological polar surface area (TPSA) is 51.2 Å². The number of rotatable bonds is 15. The molecule has 37 heavy (non-hydrogen) atoms. The van der Waals surface area contributed by atoms with Crippen molar-refractivity contribution in [3.63, 3.8) is 0 Å². The van der Waals surface area contributed by atoms with Crippen molar-refractivity contribution in [3.05, 3.63) is 36.5 Å². The fourth-order valence-corrected chi connectivity index (χ4v) is 14.4. The Bertz CT molecular complexity index is 817. The van der Waals surface area contributed by atoms with Crippen LogP contribution in [0, 0.1) is 5.92 Å². The van der Waals surface area contributed by atoms with E-state index < -0.39 is 0 Å². The maximum Gasteiger partial charge on any atom is 0.214 e. The number of carbonyl (C=O) groups excluding carboxylic acids is 3. The minimum atomic E-state index is 0.105. The van der Waals surface area contributed by atoms with Crippen LogP contribution in [-0.4, -0.2) is 64.1 Å². The number of thioether (sulfide) groups is 6. The average molecular weight is 617 g/mol. The Morgan fingerprint density at radius 1 is 0.568 bits per heavy atom. The van der Waals surface area contributed by atoms with Crippen LogP contribution in [0.4, 0.5) is 0 Å². The summed E-state index contributed by atoms with van der Waals surface area (Å²) in [5.74, 6) is 6.22. The number of carbonyl (C=O) groups is 3. The van der Waals surface area contributed by atoms with Crippen LogP contribution in [0.15, 0.2) is 36.5 Å². The summed E-state index contributed by atoms with van der Waals surface area (Å²) in [6.07, 6.45) is 7.55. The molecule has 0 saturated heterocycles. The van der Waals surface area contributed by atoms with Crippen molar-refractivity contribution in [2.45, 2.75) is 73.5 Å². The van der Waals surface area contributed by atoms with Gasteiger partial charge in [-0.15, -0.1) is 0 Å². The predicted molar refractivity (Wildman–Crippen MR) is 174 cm³/mol. The third-order valence-corrected chi connectivity index (χ3v) is 15.4. The van der Waals surface area contributed by atoms with E-state index >= 15 is 0 Å². The van der Waals surface area contributed by atoms with E-state index in [0.29, 0.717) is 16.7 Å². The molecule has 9 heteroatoms. The molecule has 4 bridgehead atoms. The van der Waals surface area contributed by atoms with Crippen LogP contribution in [0.3, 0.4) is 0 Å². The van der Waals surface area contributed by atoms with Gasteiger partial charge in [-0.2, -0.15) is 35.3 Å². The highest BCUT2D eigenvalue weighted by Gasteiger charge is 2.63. The smallest absolute Gasteiger partial charge is 0.214 e. The molecule has 0 atom stereocenters. The van der Waals surface area contributed by atoms with E-state index in [9.17, 15) is 14.4 Å². The molecule has 0 unspecified atom stereocenters. The van der Waals surface area contributed by atoms with Crippen molar-refractivity contribution in [2.75, 3.05) is 34.5 Å². The average Bonchev–Trinajstić information content (AvgIpc) is 2.80. The van der Waals surface area contributed by atoms with Gasteiger partial charge in [0, 0.05) is 48.8 Å². The Kier molecular flexibility index (Phi) is 11.9. The zero-order valence-corrected chi connectivity index (χ0v) is 27.3. The molecule has 0 amide bonds. The van der Waals surface area contributed by atoms with E-state index in [-0.39, 0.29) is 29.6 Å². The van der Waals surface area contributed by atoms with E-state index in [1.807, 2.05) is 0 Å². The molecule has 4 aliphatic carbocycles. The lowest BCUT2D eigenvalue weighted by Crippen LogP contribution is -2.62. The maximum absolute atomic E-state index is 12.0. The Morgan fingerprint density at radius 2 is 0.838 bits per heavy atom. The van der Waals surface area contributed by atoms with Crippen LogP contribution in [0.1, 0.15) is 59.3 Å². The molecular weight excluding hydrogens is 577 g/mol. The fraction of sp³-hybridized carbons (Fsp3) is 0.679. The summed E-state index contributed by atoms with van der Waals surface area (Å²) in [5, 5.41) is 0.316. The van der Waals surface area contributed by atoms with Gasteiger partial charge in [0.2, 0.25) is 15.3 Å². The van der Waals surface area contributed by atoms with E-state index in [4.69, 9.17) is 0 Å². The Hall–Kier alpha value is 0.330. The monoisotopic (exact) mass is 616 g/mol. The first-order chi connectivity index (χ1) is 17.4. The molecule has 0 aromatic rings. The Labute approximate surface area is 249 Å². The summed E-state index contributed by atoms with van der Waals surface area (Å²) in [4.78, 5) is 36.1. The first-order valence-electron chi connectivity index (χ1n) is 12.8. The zero-order chi connectivity index (χ0) is 27.3. The summed E-state index contributed by atoms with van der Waals surface area (Å²) in [6.45, 7) is 16.7. The van der Waals surface area contributed by atoms with E-state index in [2.05, 4.69) is 55.0 Å². The van der Waals surface area contributed by atoms with E-state index in [1.165, 1.54) is 73.8 Å². The lowest BCUT2D eigenvalue weighted by molar-refractivity contribution is -0.108. The third-order valence-electron chi connectivity index (χ3n) is 7.13. The Balaban J connectivity index is 1.66. The normalized spacial score (nSPS) is 29.8. The van der Waals surface area contributed by atoms with Crippen molar-refractivity contribution in [2.24, 2.45) is 5.92 Å². The summed E-state index contributed by atoms with van der Waals surface area (Å²) < 4.78 is 0.814. The van der Waals surface area contributed by atoms with E-state index in [1.54, 1.807) is 20.8 Å². The van der Waals surface area contributed by atoms with Crippen LogP contribution in [0.2, 0.25) is 0 Å². The van der Waals surface area contributed by atoms with E-state index in [0.717, 1.165) is 40.4 Å². The standard InChI is InChI=1S/C28H40O3S6/c1-19(2)23(29)32-7-10-35-26-13-22-14-27(16-26,36-11-8-33-24(30)20(3)4)18-28(15-22,17-26)37-12-9-34-25(31)21(5)6/h22H,1,3,5,7-18H2,2,4,6H3. The van der Waals surface area contributed by atoms with Crippen molar-refractivity contribution in [3.8, 4) is 0 Å². The van der Waals surface area contributed by atoms with Crippen molar-refractivity contribution >= 4 is 85.9 Å². The summed E-state index contributed by atoms with van der Waals surface area (Å²) in [7, 11) is 0. The summed E-state index contributed by atoms with van der Waals surface area (Å²) in [6, 6.07) is 0. The highest BCUT2D eigenvalue weighted by Crippen LogP contribution is 2.70. The first-order valence-corrected chi connectivity index (χ1v) is 18.7. The number of hydrogen-bond acceptors (Lipinski definition) is 9. The lowest BCUT2D eigenvalue weighted by Gasteiger charge is -2.66. The van der Waals surface area contributed by atoms with Crippen LogP contribution in [0.5, 0.6) is 0 Å². The van der Waals surface area contributed by atoms with Gasteiger partial charge in [-0.05, 0) is 81.9 Å². The molecule has 3 nitrogen and oxygen atoms in total. The van der Waals surface area contributed by atoms with Crippen molar-refractivity contribution < 1.29 is 14.4 Å². The third kappa shape index (κ3) is 8.91. The van der Waals surface area contributed by atoms with Crippen molar-refractivity contribution in [1.29, 1.82) is 0 Å². The second kappa shape index (κ2) is 13.8. The molecule has 0 aromatic carbocycles. The molecule has 0 radical (unpaired) electrons. The highest BCUT2D eigenvalue weighted by atomic mass is 32.2. The molecule has 206 valence electrons. The fourth-order valence-electron chi connectivity index (χ4n) is 6.21. The molecule has 0 spiro atoms. The lowest BCUT2D eigenvalue weighted by atomic mass is 9.55. The molecule has 0 heterocycles. The number of hydrogen-bond donors (Lipinski definition) is 0. The van der Waals surface area contributed by atoms with Gasteiger partial charge in [-0.1, -0.05) is 55.0 Å². The van der Waals surface area contributed by atoms with Gasteiger partial charge in [0.15, 0.2) is 0 Å². The predicted octanol–water partition coefficient (Wildman–Crippen LogP) is 7.91. The second-order valence-corrected chi connectivity index (χ2v) is 18.7. The van der Waals surface area contributed by atoms with Gasteiger partial charge >= 0.3 is 0 Å². The second-order valence-electron chi connectivity index (χ2n) is 10.9. The Morgan fingerprint density at radius 3 is 1.08 bits per heavy atom. The van der Waals surface area contributed by atoms with Gasteiger partial charge in [0.05, 0.1) is 0 Å². The zero-order valence-electron chi connectivity index (χ0n) is 22.4. The minimum Gasteiger partial charge on any atom is -0.282 e. The van der Waals surface area contributed by atoms with Gasteiger partial charge < -0.3 is 0 Å². The van der Waals surface area contributed by atoms with Gasteiger partial charge in [-0.25, -0.2) is 0 Å². The molecule has 4 aliphatic rings. The van der Waals surface area contributed by atoms with Crippen LogP contribution in [0.25, 0.3) is 0 Å². The van der Waals surface area contributed by atoms with Crippen LogP contribution >= 0.6 is 70.6 Å². The molecule has 0 aromatic heterocycles. The van der Waals surface area contributed by atoms with Gasteiger partial charge in [0.25, 0.3) is 0 Å². The molecular formula is C28H40O3S6. The SMILES string of the molecule is C=C(C)C(=O)SCCSC12CC3CC(SCCSC(=O)C(=C)C)(C1)CC(SCCSC(=O)C(=C)C)(C3)C2. The largest absolute Gasteiger partial charge is 0.282 e. The first kappa shape index (κ1) is 31.9. The molecule has 0 N–H and O–H groups in total. The van der Waals surface area contributed by atoms with Crippen LogP contribution in [-0.2, 0) is 14.4 Å². The van der Waals surface area contributed by atoms with Crippen LogP contribution < -0.4 is 0 Å². The van der Waals surface area contributed by atoms with Crippen molar-refractivity contribution in [1.82, 2.24) is 0 Å². The molecule has 4 saturated carbocycles. The van der Waals surface area contributed by atoms with Gasteiger partial charge in [0.1, 0.15) is 0 Å². The molecule has 0 aliphatic heterocycles. The quantitative estimate of drug-likeness (QED) is 0.135. The highest BCUT2D eigenvalue weighted by molar-refractivity contribution is 8.15. The maximum atomic E-state index is 12.0.